The third-order valence-electron chi connectivity index (χ3n) is 5.84. The zero-order chi connectivity index (χ0) is 25.7. The van der Waals surface area contributed by atoms with Gasteiger partial charge in [-0.3, -0.25) is 4.79 Å². The Bertz CT molecular complexity index is 1340. The molecule has 12 heteroatoms. The molecular weight excluding hydrogens is 482 g/mol. The van der Waals surface area contributed by atoms with E-state index in [4.69, 9.17) is 4.74 Å². The molecule has 190 valence electrons. The average molecular weight is 512 g/mol. The van der Waals surface area contributed by atoms with Gasteiger partial charge < -0.3 is 25.2 Å². The summed E-state index contributed by atoms with van der Waals surface area (Å²) >= 11 is 0. The van der Waals surface area contributed by atoms with Crippen molar-refractivity contribution in [1.29, 1.82) is 0 Å². The van der Waals surface area contributed by atoms with Crippen LogP contribution in [0.5, 0.6) is 5.75 Å². The maximum atomic E-state index is 12.1. The van der Waals surface area contributed by atoms with E-state index in [1.807, 2.05) is 30.0 Å². The topological polar surface area (TPSA) is 130 Å². The van der Waals surface area contributed by atoms with Gasteiger partial charge in [0, 0.05) is 50.6 Å². The first kappa shape index (κ1) is 25.2. The lowest BCUT2D eigenvalue weighted by atomic mass is 10.2. The maximum Gasteiger partial charge on any atom is 0.232 e. The maximum absolute atomic E-state index is 12.1. The van der Waals surface area contributed by atoms with Crippen LogP contribution in [0.1, 0.15) is 13.3 Å². The average Bonchev–Trinajstić information content (AvgIpc) is 2.88. The first-order valence-electron chi connectivity index (χ1n) is 11.5. The van der Waals surface area contributed by atoms with Crippen LogP contribution >= 0.6 is 0 Å². The molecule has 0 atom stereocenters. The minimum absolute atomic E-state index is 0.150. The van der Waals surface area contributed by atoms with Gasteiger partial charge in [-0.2, -0.15) is 4.98 Å². The van der Waals surface area contributed by atoms with Gasteiger partial charge in [0.1, 0.15) is 12.1 Å². The number of carbonyl (C=O) groups is 1. The molecule has 1 saturated heterocycles. The lowest BCUT2D eigenvalue weighted by molar-refractivity contribution is -0.131. The summed E-state index contributed by atoms with van der Waals surface area (Å²) in [5.41, 5.74) is 2.03. The van der Waals surface area contributed by atoms with Gasteiger partial charge in [0.15, 0.2) is 9.84 Å². The van der Waals surface area contributed by atoms with E-state index in [-0.39, 0.29) is 22.7 Å². The van der Waals surface area contributed by atoms with Crippen LogP contribution in [0.3, 0.4) is 0 Å². The number of benzene rings is 2. The highest BCUT2D eigenvalue weighted by molar-refractivity contribution is 7.90. The number of piperazine rings is 1. The summed E-state index contributed by atoms with van der Waals surface area (Å²) in [6, 6.07) is 12.3. The molecule has 2 N–H and O–H groups in total. The Morgan fingerprint density at radius 3 is 2.31 bits per heavy atom. The number of nitrogens with zero attached hydrogens (tertiary/aromatic N) is 5. The second-order valence-corrected chi connectivity index (χ2v) is 10.2. The Morgan fingerprint density at radius 2 is 1.67 bits per heavy atom. The Balaban J connectivity index is 1.49. The number of ether oxygens (including phenoxy) is 1. The summed E-state index contributed by atoms with van der Waals surface area (Å²) in [6.07, 6.45) is 3.00. The molecule has 2 aromatic carbocycles. The highest BCUT2D eigenvalue weighted by atomic mass is 32.2. The smallest absolute Gasteiger partial charge is 0.232 e. The largest absolute Gasteiger partial charge is 0.494 e. The number of rotatable bonds is 8. The number of sulfone groups is 1. The van der Waals surface area contributed by atoms with Crippen molar-refractivity contribution in [1.82, 2.24) is 19.9 Å². The summed E-state index contributed by atoms with van der Waals surface area (Å²) in [5.74, 6) is 1.25. The third-order valence-corrected chi connectivity index (χ3v) is 6.99. The predicted octanol–water partition coefficient (Wildman–Crippen LogP) is 2.83. The van der Waals surface area contributed by atoms with E-state index >= 15 is 0 Å². The van der Waals surface area contributed by atoms with Crippen LogP contribution in [-0.2, 0) is 14.6 Å². The lowest BCUT2D eigenvalue weighted by Crippen LogP contribution is -2.48. The van der Waals surface area contributed by atoms with Gasteiger partial charge in [0.2, 0.25) is 17.8 Å². The molecule has 11 nitrogen and oxygen atoms in total. The number of para-hydroxylation sites is 1. The molecule has 0 saturated carbocycles. The summed E-state index contributed by atoms with van der Waals surface area (Å²) in [6.45, 7) is 4.76. The van der Waals surface area contributed by atoms with Gasteiger partial charge in [-0.15, -0.1) is 0 Å². The molecule has 36 heavy (non-hydrogen) atoms. The molecular formula is C24H29N7O4S. The number of nitrogens with one attached hydrogen (secondary N) is 2. The van der Waals surface area contributed by atoms with Crippen LogP contribution in [-0.4, -0.2) is 73.7 Å². The van der Waals surface area contributed by atoms with Crippen LogP contribution in [0.4, 0.5) is 29.0 Å². The Morgan fingerprint density at radius 1 is 1.00 bits per heavy atom. The van der Waals surface area contributed by atoms with Crippen molar-refractivity contribution in [2.75, 3.05) is 55.1 Å². The molecule has 3 aromatic rings. The van der Waals surface area contributed by atoms with E-state index in [1.165, 1.54) is 12.4 Å². The van der Waals surface area contributed by atoms with Crippen LogP contribution in [0, 0.1) is 0 Å². The number of aromatic nitrogens is 3. The van der Waals surface area contributed by atoms with Gasteiger partial charge >= 0.3 is 0 Å². The molecule has 1 amide bonds. The first-order valence-corrected chi connectivity index (χ1v) is 13.4. The normalized spacial score (nSPS) is 13.9. The monoisotopic (exact) mass is 511 g/mol. The van der Waals surface area contributed by atoms with Crippen LogP contribution in [0.25, 0.3) is 0 Å². The van der Waals surface area contributed by atoms with Gasteiger partial charge in [0.25, 0.3) is 0 Å². The highest BCUT2D eigenvalue weighted by Crippen LogP contribution is 2.32. The van der Waals surface area contributed by atoms with Crippen LogP contribution in [0.15, 0.2) is 53.7 Å². The standard InChI is InChI=1S/C24H29N7O4S/c1-4-22(32)31-13-11-30(12-14-31)17-9-10-18(20(15-17)35-2)27-23-25-16-26-24(29-23)28-19-7-5-6-8-21(19)36(3,33)34/h5-10,15-16H,4,11-14H2,1-3H3,(H2,25,26,27,28,29). The van der Waals surface area contributed by atoms with Crippen molar-refractivity contribution < 1.29 is 17.9 Å². The fourth-order valence-electron chi connectivity index (χ4n) is 3.97. The zero-order valence-electron chi connectivity index (χ0n) is 20.4. The van der Waals surface area contributed by atoms with E-state index in [0.717, 1.165) is 25.0 Å². The number of amides is 1. The molecule has 2 heterocycles. The van der Waals surface area contributed by atoms with Crippen molar-refractivity contribution in [3.8, 4) is 5.75 Å². The van der Waals surface area contributed by atoms with E-state index < -0.39 is 9.84 Å². The zero-order valence-corrected chi connectivity index (χ0v) is 21.2. The Hall–Kier alpha value is -3.93. The van der Waals surface area contributed by atoms with Crippen LogP contribution < -0.4 is 20.3 Å². The second kappa shape index (κ2) is 10.8. The molecule has 0 unspecified atom stereocenters. The van der Waals surface area contributed by atoms with E-state index in [2.05, 4.69) is 30.5 Å². The highest BCUT2D eigenvalue weighted by Gasteiger charge is 2.21. The van der Waals surface area contributed by atoms with Crippen LogP contribution in [0.2, 0.25) is 0 Å². The first-order chi connectivity index (χ1) is 17.3. The number of anilines is 5. The molecule has 1 aliphatic rings. The van der Waals surface area contributed by atoms with Crippen molar-refractivity contribution in [3.05, 3.63) is 48.8 Å². The molecule has 1 aliphatic heterocycles. The lowest BCUT2D eigenvalue weighted by Gasteiger charge is -2.36. The third kappa shape index (κ3) is 5.82. The van der Waals surface area contributed by atoms with Crippen molar-refractivity contribution in [3.63, 3.8) is 0 Å². The fraction of sp³-hybridized carbons (Fsp3) is 0.333. The summed E-state index contributed by atoms with van der Waals surface area (Å²) in [7, 11) is -1.84. The summed E-state index contributed by atoms with van der Waals surface area (Å²) in [4.78, 5) is 28.9. The van der Waals surface area contributed by atoms with E-state index in [1.54, 1.807) is 25.3 Å². The van der Waals surface area contributed by atoms with Crippen molar-refractivity contribution >= 4 is 44.7 Å². The Labute approximate surface area is 210 Å². The molecule has 0 aliphatic carbocycles. The second-order valence-electron chi connectivity index (χ2n) is 8.26. The summed E-state index contributed by atoms with van der Waals surface area (Å²) in [5, 5.41) is 6.09. The van der Waals surface area contributed by atoms with E-state index in [0.29, 0.717) is 36.6 Å². The molecule has 0 bridgehead atoms. The Kier molecular flexibility index (Phi) is 7.53. The predicted molar refractivity (Wildman–Crippen MR) is 138 cm³/mol. The van der Waals surface area contributed by atoms with Crippen molar-refractivity contribution in [2.45, 2.75) is 18.2 Å². The molecule has 0 spiro atoms. The minimum Gasteiger partial charge on any atom is -0.494 e. The van der Waals surface area contributed by atoms with Gasteiger partial charge in [0.05, 0.1) is 23.4 Å². The fourth-order valence-corrected chi connectivity index (χ4v) is 4.81. The molecule has 1 aromatic heterocycles. The quantitative estimate of drug-likeness (QED) is 0.466. The summed E-state index contributed by atoms with van der Waals surface area (Å²) < 4.78 is 29.8. The molecule has 0 radical (unpaired) electrons. The number of hydrogen-bond acceptors (Lipinski definition) is 10. The minimum atomic E-state index is -3.43. The van der Waals surface area contributed by atoms with Gasteiger partial charge in [-0.1, -0.05) is 19.1 Å². The number of carbonyl (C=O) groups excluding carboxylic acids is 1. The number of methoxy groups -OCH3 is 1. The molecule has 4 rings (SSSR count). The van der Waals surface area contributed by atoms with Gasteiger partial charge in [-0.05, 0) is 24.3 Å². The SMILES string of the molecule is CCC(=O)N1CCN(c2ccc(Nc3ncnc(Nc4ccccc4S(C)(=O)=O)n3)c(OC)c2)CC1. The van der Waals surface area contributed by atoms with Crippen molar-refractivity contribution in [2.24, 2.45) is 0 Å². The van der Waals surface area contributed by atoms with E-state index in [9.17, 15) is 13.2 Å². The molecule has 1 fully saturated rings. The number of hydrogen-bond donors (Lipinski definition) is 2. The van der Waals surface area contributed by atoms with Gasteiger partial charge in [-0.25, -0.2) is 18.4 Å².